The molecule has 2 aromatic rings. The Balaban J connectivity index is 2.37. The number of pyridine rings is 1. The van der Waals surface area contributed by atoms with E-state index in [9.17, 15) is 0 Å². The molecule has 2 N–H and O–H groups in total. The number of hydrogen-bond acceptors (Lipinski definition) is 3. The van der Waals surface area contributed by atoms with E-state index >= 15 is 0 Å². The molecule has 0 amide bonds. The average molecular weight is 307 g/mol. The summed E-state index contributed by atoms with van der Waals surface area (Å²) in [5.41, 5.74) is 9.73. The van der Waals surface area contributed by atoms with E-state index in [4.69, 9.17) is 10.5 Å². The maximum Gasteiger partial charge on any atom is 0.242 e. The number of aromatic nitrogens is 1. The molecule has 94 valence electrons. The van der Waals surface area contributed by atoms with Crippen molar-refractivity contribution in [3.05, 3.63) is 45.6 Å². The van der Waals surface area contributed by atoms with Gasteiger partial charge in [0.05, 0.1) is 5.69 Å². The summed E-state index contributed by atoms with van der Waals surface area (Å²) >= 11 is 3.53. The summed E-state index contributed by atoms with van der Waals surface area (Å²) in [5, 5.41) is 0. The van der Waals surface area contributed by atoms with Crippen LogP contribution in [0.2, 0.25) is 0 Å². The zero-order valence-electron chi connectivity index (χ0n) is 10.6. The van der Waals surface area contributed by atoms with E-state index < -0.39 is 0 Å². The van der Waals surface area contributed by atoms with Gasteiger partial charge >= 0.3 is 0 Å². The van der Waals surface area contributed by atoms with Crippen LogP contribution in [0.25, 0.3) is 0 Å². The summed E-state index contributed by atoms with van der Waals surface area (Å²) in [4.78, 5) is 4.16. The highest BCUT2D eigenvalue weighted by atomic mass is 79.9. The van der Waals surface area contributed by atoms with Crippen molar-refractivity contribution in [2.75, 3.05) is 5.73 Å². The van der Waals surface area contributed by atoms with Gasteiger partial charge in [0.2, 0.25) is 5.88 Å². The highest BCUT2D eigenvalue weighted by molar-refractivity contribution is 9.10. The lowest BCUT2D eigenvalue weighted by Crippen LogP contribution is -1.97. The van der Waals surface area contributed by atoms with Crippen molar-refractivity contribution < 1.29 is 4.74 Å². The Hall–Kier alpha value is -1.55. The zero-order valence-corrected chi connectivity index (χ0v) is 12.2. The van der Waals surface area contributed by atoms with Gasteiger partial charge in [0.25, 0.3) is 0 Å². The molecule has 18 heavy (non-hydrogen) atoms. The van der Waals surface area contributed by atoms with Gasteiger partial charge in [-0.3, -0.25) is 0 Å². The van der Waals surface area contributed by atoms with Crippen LogP contribution in [0.3, 0.4) is 0 Å². The molecular formula is C14H15BrN2O. The van der Waals surface area contributed by atoms with Crippen LogP contribution in [-0.4, -0.2) is 4.98 Å². The molecule has 0 aliphatic rings. The number of halogens is 1. The third-order valence-electron chi connectivity index (χ3n) is 2.80. The Morgan fingerprint density at radius 3 is 2.33 bits per heavy atom. The quantitative estimate of drug-likeness (QED) is 0.907. The molecule has 0 saturated heterocycles. The molecule has 1 aromatic heterocycles. The third-order valence-corrected chi connectivity index (χ3v) is 4.05. The number of ether oxygens (including phenoxy) is 1. The smallest absolute Gasteiger partial charge is 0.242 e. The molecule has 1 aromatic carbocycles. The summed E-state index contributed by atoms with van der Waals surface area (Å²) in [7, 11) is 0. The molecule has 4 heteroatoms. The standard InChI is InChI=1S/C14H15BrN2O/c1-8-4-5-17-14(13(8)16)18-11-6-9(2)12(15)10(3)7-11/h4-7H,16H2,1-3H3. The summed E-state index contributed by atoms with van der Waals surface area (Å²) in [6.45, 7) is 5.98. The van der Waals surface area contributed by atoms with E-state index in [1.54, 1.807) is 6.20 Å². The van der Waals surface area contributed by atoms with Crippen molar-refractivity contribution in [3.63, 3.8) is 0 Å². The first-order chi connectivity index (χ1) is 8.49. The van der Waals surface area contributed by atoms with Crippen LogP contribution in [0.15, 0.2) is 28.9 Å². The van der Waals surface area contributed by atoms with Crippen LogP contribution in [0, 0.1) is 20.8 Å². The number of aryl methyl sites for hydroxylation is 3. The molecule has 0 aliphatic carbocycles. The van der Waals surface area contributed by atoms with Gasteiger partial charge in [0, 0.05) is 10.7 Å². The first-order valence-electron chi connectivity index (χ1n) is 5.64. The molecule has 0 bridgehead atoms. The Kier molecular flexibility index (Phi) is 3.57. The van der Waals surface area contributed by atoms with Crippen LogP contribution in [0.1, 0.15) is 16.7 Å². The molecule has 0 aliphatic heterocycles. The molecule has 2 rings (SSSR count). The largest absolute Gasteiger partial charge is 0.437 e. The maximum atomic E-state index is 5.94. The van der Waals surface area contributed by atoms with E-state index in [-0.39, 0.29) is 0 Å². The number of nitrogens with zero attached hydrogens (tertiary/aromatic N) is 1. The maximum absolute atomic E-state index is 5.94. The van der Waals surface area contributed by atoms with E-state index in [0.717, 1.165) is 26.9 Å². The fourth-order valence-corrected chi connectivity index (χ4v) is 1.93. The zero-order chi connectivity index (χ0) is 13.3. The van der Waals surface area contributed by atoms with Crippen LogP contribution in [0.4, 0.5) is 5.69 Å². The van der Waals surface area contributed by atoms with E-state index in [1.165, 1.54) is 0 Å². The van der Waals surface area contributed by atoms with Crippen molar-refractivity contribution in [1.82, 2.24) is 4.98 Å². The first kappa shape index (κ1) is 12.9. The number of rotatable bonds is 2. The fourth-order valence-electron chi connectivity index (χ4n) is 1.70. The van der Waals surface area contributed by atoms with Crippen LogP contribution < -0.4 is 10.5 Å². The Bertz CT molecular complexity index is 573. The predicted octanol–water partition coefficient (Wildman–Crippen LogP) is 4.14. The first-order valence-corrected chi connectivity index (χ1v) is 6.44. The second-order valence-electron chi connectivity index (χ2n) is 4.32. The minimum absolute atomic E-state index is 0.455. The lowest BCUT2D eigenvalue weighted by molar-refractivity contribution is 0.464. The van der Waals surface area contributed by atoms with Crippen molar-refractivity contribution >= 4 is 21.6 Å². The van der Waals surface area contributed by atoms with Gasteiger partial charge in [0.15, 0.2) is 0 Å². The molecule has 0 unspecified atom stereocenters. The summed E-state index contributed by atoms with van der Waals surface area (Å²) < 4.78 is 6.85. The van der Waals surface area contributed by atoms with Crippen molar-refractivity contribution in [1.29, 1.82) is 0 Å². The number of nitrogen functional groups attached to an aromatic ring is 1. The van der Waals surface area contributed by atoms with Gasteiger partial charge in [-0.15, -0.1) is 0 Å². The fraction of sp³-hybridized carbons (Fsp3) is 0.214. The molecule has 0 fully saturated rings. The molecule has 1 heterocycles. The van der Waals surface area contributed by atoms with Crippen molar-refractivity contribution in [3.8, 4) is 11.6 Å². The monoisotopic (exact) mass is 306 g/mol. The lowest BCUT2D eigenvalue weighted by atomic mass is 10.1. The van der Waals surface area contributed by atoms with Gasteiger partial charge in [-0.2, -0.15) is 0 Å². The van der Waals surface area contributed by atoms with E-state index in [0.29, 0.717) is 11.6 Å². The third kappa shape index (κ3) is 2.48. The molecule has 0 atom stereocenters. The minimum atomic E-state index is 0.455. The Morgan fingerprint density at radius 1 is 1.11 bits per heavy atom. The Labute approximate surface area is 115 Å². The number of anilines is 1. The van der Waals surface area contributed by atoms with Crippen LogP contribution in [-0.2, 0) is 0 Å². The van der Waals surface area contributed by atoms with Gasteiger partial charge in [-0.1, -0.05) is 15.9 Å². The summed E-state index contributed by atoms with van der Waals surface area (Å²) in [5.74, 6) is 1.20. The van der Waals surface area contributed by atoms with Crippen LogP contribution in [0.5, 0.6) is 11.6 Å². The molecular weight excluding hydrogens is 292 g/mol. The Morgan fingerprint density at radius 2 is 1.72 bits per heavy atom. The van der Waals surface area contributed by atoms with Crippen molar-refractivity contribution in [2.24, 2.45) is 0 Å². The highest BCUT2D eigenvalue weighted by Gasteiger charge is 2.08. The second-order valence-corrected chi connectivity index (χ2v) is 5.11. The molecule has 0 spiro atoms. The average Bonchev–Trinajstić information content (AvgIpc) is 2.32. The normalized spacial score (nSPS) is 10.4. The van der Waals surface area contributed by atoms with Gasteiger partial charge in [-0.25, -0.2) is 4.98 Å². The van der Waals surface area contributed by atoms with E-state index in [2.05, 4.69) is 20.9 Å². The molecule has 3 nitrogen and oxygen atoms in total. The number of hydrogen-bond donors (Lipinski definition) is 1. The van der Waals surface area contributed by atoms with Gasteiger partial charge in [-0.05, 0) is 55.7 Å². The summed E-state index contributed by atoms with van der Waals surface area (Å²) in [6, 6.07) is 5.78. The minimum Gasteiger partial charge on any atom is -0.437 e. The molecule has 0 radical (unpaired) electrons. The number of benzene rings is 1. The van der Waals surface area contributed by atoms with E-state index in [1.807, 2.05) is 39.0 Å². The highest BCUT2D eigenvalue weighted by Crippen LogP contribution is 2.31. The lowest BCUT2D eigenvalue weighted by Gasteiger charge is -2.11. The predicted molar refractivity (Wildman–Crippen MR) is 77.1 cm³/mol. The van der Waals surface area contributed by atoms with Crippen LogP contribution >= 0.6 is 15.9 Å². The topological polar surface area (TPSA) is 48.1 Å². The second kappa shape index (κ2) is 4.98. The van der Waals surface area contributed by atoms with Gasteiger partial charge < -0.3 is 10.5 Å². The summed E-state index contributed by atoms with van der Waals surface area (Å²) in [6.07, 6.45) is 1.69. The van der Waals surface area contributed by atoms with Gasteiger partial charge in [0.1, 0.15) is 5.75 Å². The SMILES string of the molecule is Cc1ccnc(Oc2cc(C)c(Br)c(C)c2)c1N. The number of nitrogens with two attached hydrogens (primary N) is 1. The van der Waals surface area contributed by atoms with Crippen molar-refractivity contribution in [2.45, 2.75) is 20.8 Å². The molecule has 0 saturated carbocycles.